The number of halogens is 5. The van der Waals surface area contributed by atoms with E-state index >= 15 is 8.78 Å². The second-order valence-corrected chi connectivity index (χ2v) is 10.1. The van der Waals surface area contributed by atoms with Crippen LogP contribution in [0.15, 0.2) is 35.2 Å². The van der Waals surface area contributed by atoms with E-state index in [9.17, 15) is 28.2 Å². The van der Waals surface area contributed by atoms with Crippen molar-refractivity contribution in [3.63, 3.8) is 0 Å². The number of piperidine rings is 1. The van der Waals surface area contributed by atoms with E-state index in [-0.39, 0.29) is 66.3 Å². The number of aliphatic hydroxyl groups is 2. The smallest absolute Gasteiger partial charge is 0.388 e. The molecule has 3 N–H and O–H groups in total. The summed E-state index contributed by atoms with van der Waals surface area (Å²) in [5, 5.41) is 25.5. The van der Waals surface area contributed by atoms with Gasteiger partial charge in [-0.25, -0.2) is 18.7 Å². The third kappa shape index (κ3) is 5.09. The molecule has 12 nitrogen and oxygen atoms in total. The summed E-state index contributed by atoms with van der Waals surface area (Å²) in [6, 6.07) is 3.40. The number of alkyl halides is 3. The van der Waals surface area contributed by atoms with Crippen LogP contribution in [0.1, 0.15) is 35.1 Å². The summed E-state index contributed by atoms with van der Waals surface area (Å²) < 4.78 is 74.6. The maximum absolute atomic E-state index is 15.2. The average Bonchev–Trinajstić information content (AvgIpc) is 3.68. The van der Waals surface area contributed by atoms with E-state index in [1.54, 1.807) is 9.47 Å². The van der Waals surface area contributed by atoms with Crippen molar-refractivity contribution in [2.24, 2.45) is 0 Å². The second-order valence-electron chi connectivity index (χ2n) is 10.1. The molecule has 5 heterocycles. The highest BCUT2D eigenvalue weighted by Gasteiger charge is 2.39. The van der Waals surface area contributed by atoms with Crippen LogP contribution in [0.3, 0.4) is 0 Å². The Kier molecular flexibility index (Phi) is 6.92. The van der Waals surface area contributed by atoms with Gasteiger partial charge in [-0.1, -0.05) is 0 Å². The van der Waals surface area contributed by atoms with Crippen LogP contribution in [0.25, 0.3) is 11.0 Å². The number of aliphatic hydroxyl groups excluding tert-OH is 2. The summed E-state index contributed by atoms with van der Waals surface area (Å²) >= 11 is 0. The van der Waals surface area contributed by atoms with E-state index in [1.165, 1.54) is 29.6 Å². The fourth-order valence-electron chi connectivity index (χ4n) is 5.21. The van der Waals surface area contributed by atoms with E-state index < -0.39 is 41.8 Å². The summed E-state index contributed by atoms with van der Waals surface area (Å²) in [6.07, 6.45) is -3.63. The van der Waals surface area contributed by atoms with Crippen LogP contribution in [0, 0.1) is 11.6 Å². The Bertz CT molecular complexity index is 1620. The number of carbonyl (C=O) groups is 1. The lowest BCUT2D eigenvalue weighted by molar-refractivity contribution is -0.159. The molecule has 6 rings (SSSR count). The Morgan fingerprint density at radius 2 is 1.76 bits per heavy atom. The van der Waals surface area contributed by atoms with Crippen molar-refractivity contribution < 1.29 is 41.5 Å². The molecule has 0 radical (unpaired) electrons. The van der Waals surface area contributed by atoms with Gasteiger partial charge in [0, 0.05) is 44.0 Å². The molecule has 2 aliphatic heterocycles. The topological polar surface area (TPSA) is 146 Å². The number of anilines is 3. The van der Waals surface area contributed by atoms with Crippen LogP contribution < -0.4 is 10.2 Å². The number of β-amino-alcohol motifs (C(OH)–C–C–N with tert-alkyl or cyclic N) is 2. The highest BCUT2D eigenvalue weighted by atomic mass is 19.4. The van der Waals surface area contributed by atoms with E-state index in [2.05, 4.69) is 29.9 Å². The molecular formula is C25H23F5N8O4. The van der Waals surface area contributed by atoms with Gasteiger partial charge in [0.15, 0.2) is 5.82 Å². The molecular weight excluding hydrogens is 571 g/mol. The Hall–Kier alpha value is -4.38. The van der Waals surface area contributed by atoms with Crippen LogP contribution in [-0.2, 0) is 6.18 Å². The lowest BCUT2D eigenvalue weighted by Gasteiger charge is -2.31. The van der Waals surface area contributed by atoms with Crippen LogP contribution in [0.5, 0.6) is 0 Å². The minimum atomic E-state index is -4.75. The fraction of sp³-hybridized carbons (Fsp3) is 0.400. The van der Waals surface area contributed by atoms with E-state index in [1.807, 2.05) is 0 Å². The number of fused-ring (bicyclic) bond motifs is 1. The first kappa shape index (κ1) is 27.8. The monoisotopic (exact) mass is 594 g/mol. The molecule has 0 unspecified atom stereocenters. The molecule has 222 valence electrons. The number of carbonyl (C=O) groups excluding carboxylic acids is 1. The van der Waals surface area contributed by atoms with Crippen molar-refractivity contribution in [3.8, 4) is 0 Å². The number of likely N-dealkylation sites (tertiary alicyclic amines) is 1. The Balaban J connectivity index is 1.18. The zero-order valence-electron chi connectivity index (χ0n) is 21.6. The molecule has 0 bridgehead atoms. The highest BCUT2D eigenvalue weighted by molar-refractivity contribution is 5.95. The van der Waals surface area contributed by atoms with Gasteiger partial charge in [0.2, 0.25) is 0 Å². The minimum Gasteiger partial charge on any atom is -0.388 e. The van der Waals surface area contributed by atoms with Crippen LogP contribution in [0.2, 0.25) is 0 Å². The number of rotatable bonds is 5. The fourth-order valence-corrected chi connectivity index (χ4v) is 5.21. The summed E-state index contributed by atoms with van der Waals surface area (Å²) in [7, 11) is 0. The number of hydrogen-bond donors (Lipinski definition) is 3. The molecule has 2 saturated heterocycles. The summed E-state index contributed by atoms with van der Waals surface area (Å²) in [6.45, 7) is 0.410. The van der Waals surface area contributed by atoms with Gasteiger partial charge in [-0.2, -0.15) is 18.2 Å². The molecule has 0 spiro atoms. The van der Waals surface area contributed by atoms with E-state index in [0.29, 0.717) is 12.8 Å². The van der Waals surface area contributed by atoms with E-state index in [4.69, 9.17) is 0 Å². The maximum atomic E-state index is 15.2. The van der Waals surface area contributed by atoms with Crippen LogP contribution >= 0.6 is 0 Å². The number of benzene rings is 1. The number of hydrogen-bond acceptors (Lipinski definition) is 10. The van der Waals surface area contributed by atoms with Gasteiger partial charge in [-0.3, -0.25) is 4.79 Å². The molecule has 1 aromatic carbocycles. The van der Waals surface area contributed by atoms with Gasteiger partial charge in [0.05, 0.1) is 23.3 Å². The van der Waals surface area contributed by atoms with Crippen molar-refractivity contribution in [2.75, 3.05) is 36.4 Å². The van der Waals surface area contributed by atoms with Crippen molar-refractivity contribution >= 4 is 34.4 Å². The standard InChI is InChI=1S/C25H23F5N8O4/c26-14-7-12(22(41)37-9-17(39)18(40)10-37)1-2-16(14)33-20-19-15(27)8-38(21(19)32-11-31-20)13-3-5-36(6-4-13)24-34-23(42-35-24)25(28,29)30/h1-2,7-8,11,13,17-18,39-40H,3-6,9-10H2,(H,31,32,33)/t17-,18-/m1/s1. The Morgan fingerprint density at radius 1 is 1.05 bits per heavy atom. The van der Waals surface area contributed by atoms with Gasteiger partial charge in [-0.15, -0.1) is 0 Å². The van der Waals surface area contributed by atoms with Crippen molar-refractivity contribution in [1.82, 2.24) is 29.6 Å². The minimum absolute atomic E-state index is 0.00584. The van der Waals surface area contributed by atoms with Gasteiger partial charge < -0.3 is 34.4 Å². The van der Waals surface area contributed by atoms with Crippen molar-refractivity contribution in [2.45, 2.75) is 37.3 Å². The Labute approximate surface area is 233 Å². The van der Waals surface area contributed by atoms with Crippen molar-refractivity contribution in [3.05, 3.63) is 53.8 Å². The predicted octanol–water partition coefficient (Wildman–Crippen LogP) is 2.87. The summed E-state index contributed by atoms with van der Waals surface area (Å²) in [4.78, 5) is 27.1. The van der Waals surface area contributed by atoms with Gasteiger partial charge >= 0.3 is 12.1 Å². The molecule has 1 amide bonds. The van der Waals surface area contributed by atoms with Crippen molar-refractivity contribution in [1.29, 1.82) is 0 Å². The summed E-state index contributed by atoms with van der Waals surface area (Å²) in [5.74, 6) is -3.65. The van der Waals surface area contributed by atoms with Crippen LogP contribution in [0.4, 0.5) is 39.4 Å². The third-order valence-corrected chi connectivity index (χ3v) is 7.38. The predicted molar refractivity (Wildman–Crippen MR) is 135 cm³/mol. The number of nitrogens with one attached hydrogen (secondary N) is 1. The summed E-state index contributed by atoms with van der Waals surface area (Å²) in [5.41, 5.74) is 0.166. The van der Waals surface area contributed by atoms with Gasteiger partial charge in [0.1, 0.15) is 23.6 Å². The molecule has 42 heavy (non-hydrogen) atoms. The first-order valence-electron chi connectivity index (χ1n) is 12.9. The molecule has 2 atom stereocenters. The first-order valence-corrected chi connectivity index (χ1v) is 12.9. The third-order valence-electron chi connectivity index (χ3n) is 7.38. The molecule has 2 aliphatic rings. The highest BCUT2D eigenvalue weighted by Crippen LogP contribution is 2.34. The lowest BCUT2D eigenvalue weighted by Crippen LogP contribution is -2.35. The first-order chi connectivity index (χ1) is 20.0. The molecule has 0 saturated carbocycles. The second kappa shape index (κ2) is 10.5. The Morgan fingerprint density at radius 3 is 2.40 bits per heavy atom. The molecule has 4 aromatic rings. The van der Waals surface area contributed by atoms with Gasteiger partial charge in [-0.05, 0) is 36.2 Å². The molecule has 17 heteroatoms. The average molecular weight is 595 g/mol. The number of amides is 1. The quantitative estimate of drug-likeness (QED) is 0.295. The lowest BCUT2D eigenvalue weighted by atomic mass is 10.1. The maximum Gasteiger partial charge on any atom is 0.471 e. The van der Waals surface area contributed by atoms with Gasteiger partial charge in [0.25, 0.3) is 11.9 Å². The number of nitrogens with zero attached hydrogens (tertiary/aromatic N) is 7. The molecule has 0 aliphatic carbocycles. The SMILES string of the molecule is O=C(c1ccc(Nc2ncnc3c2c(F)cn3C2CCN(c3noc(C(F)(F)F)n3)CC2)c(F)c1)N1C[C@@H](O)[C@H](O)C1. The zero-order valence-corrected chi connectivity index (χ0v) is 21.6. The molecule has 3 aromatic heterocycles. The normalized spacial score (nSPS) is 20.1. The van der Waals surface area contributed by atoms with E-state index in [0.717, 1.165) is 6.07 Å². The largest absolute Gasteiger partial charge is 0.471 e. The van der Waals surface area contributed by atoms with Crippen LogP contribution in [-0.4, -0.2) is 84.1 Å². The zero-order chi connectivity index (χ0) is 29.8. The molecule has 2 fully saturated rings. The number of aromatic nitrogens is 5.